The fraction of sp³-hybridized carbons (Fsp3) is 0.382. The molecule has 2 fully saturated rings. The topological polar surface area (TPSA) is 135 Å². The average molecular weight is 697 g/mol. The van der Waals surface area contributed by atoms with Gasteiger partial charge in [0.25, 0.3) is 0 Å². The summed E-state index contributed by atoms with van der Waals surface area (Å²) in [4.78, 5) is 32.0. The molecule has 2 aromatic carbocycles. The number of amides is 1. The third kappa shape index (κ3) is 7.37. The van der Waals surface area contributed by atoms with Gasteiger partial charge in [0.15, 0.2) is 0 Å². The summed E-state index contributed by atoms with van der Waals surface area (Å²) in [6.45, 7) is 2.05. The molecule has 0 spiro atoms. The van der Waals surface area contributed by atoms with E-state index in [0.717, 1.165) is 6.42 Å². The molecule has 4 heterocycles. The Kier molecular flexibility index (Phi) is 10.7. The van der Waals surface area contributed by atoms with E-state index in [9.17, 15) is 14.3 Å². The fourth-order valence-corrected chi connectivity index (χ4v) is 6.64. The Balaban J connectivity index is 1.23. The molecule has 4 aromatic rings. The zero-order valence-corrected chi connectivity index (χ0v) is 28.1. The van der Waals surface area contributed by atoms with Gasteiger partial charge >= 0.3 is 0 Å². The lowest BCUT2D eigenvalue weighted by molar-refractivity contribution is -0.119. The van der Waals surface area contributed by atoms with E-state index in [1.165, 1.54) is 7.11 Å². The number of benzene rings is 2. The summed E-state index contributed by atoms with van der Waals surface area (Å²) in [5, 5.41) is 16.9. The summed E-state index contributed by atoms with van der Waals surface area (Å²) in [6, 6.07) is 11.3. The number of hydrogen-bond acceptors (Lipinski definition) is 10. The molecule has 2 aliphatic rings. The van der Waals surface area contributed by atoms with Gasteiger partial charge in [0.2, 0.25) is 17.7 Å². The lowest BCUT2D eigenvalue weighted by atomic mass is 9.98. The first kappa shape index (κ1) is 33.9. The first-order valence-corrected chi connectivity index (χ1v) is 16.4. The van der Waals surface area contributed by atoms with E-state index in [-0.39, 0.29) is 18.5 Å². The molecule has 0 aliphatic carbocycles. The number of piperidine rings is 1. The van der Waals surface area contributed by atoms with Crippen LogP contribution in [0.1, 0.15) is 30.7 Å². The molecule has 11 nitrogen and oxygen atoms in total. The summed E-state index contributed by atoms with van der Waals surface area (Å²) < 4.78 is 25.2. The molecule has 2 aromatic heterocycles. The molecule has 2 aliphatic heterocycles. The zero-order valence-electron chi connectivity index (χ0n) is 26.5. The van der Waals surface area contributed by atoms with Crippen molar-refractivity contribution in [3.05, 3.63) is 70.2 Å². The number of carbonyl (C=O) groups is 1. The first-order chi connectivity index (χ1) is 23.2. The van der Waals surface area contributed by atoms with Gasteiger partial charge in [-0.15, -0.1) is 0 Å². The van der Waals surface area contributed by atoms with Crippen LogP contribution < -0.4 is 20.1 Å². The highest BCUT2D eigenvalue weighted by Crippen LogP contribution is 2.42. The highest BCUT2D eigenvalue weighted by atomic mass is 35.5. The Morgan fingerprint density at radius 3 is 2.08 bits per heavy atom. The Morgan fingerprint density at radius 1 is 0.938 bits per heavy atom. The normalized spacial score (nSPS) is 19.7. The number of carbonyl (C=O) groups excluding carboxylic acids is 1. The number of aromatic nitrogens is 4. The van der Waals surface area contributed by atoms with E-state index < -0.39 is 12.3 Å². The molecule has 2 saturated heterocycles. The maximum absolute atomic E-state index is 14.1. The Labute approximate surface area is 287 Å². The average Bonchev–Trinajstić information content (AvgIpc) is 3.51. The summed E-state index contributed by atoms with van der Waals surface area (Å²) in [5.41, 5.74) is 4.90. The van der Waals surface area contributed by atoms with Crippen LogP contribution in [0.25, 0.3) is 33.6 Å². The van der Waals surface area contributed by atoms with Crippen molar-refractivity contribution in [1.82, 2.24) is 35.5 Å². The van der Waals surface area contributed by atoms with Crippen molar-refractivity contribution in [2.75, 3.05) is 33.9 Å². The summed E-state index contributed by atoms with van der Waals surface area (Å²) in [6.07, 6.45) is 2.73. The largest absolute Gasteiger partial charge is 0.480 e. The van der Waals surface area contributed by atoms with Gasteiger partial charge < -0.3 is 25.2 Å². The molecule has 0 radical (unpaired) electrons. The van der Waals surface area contributed by atoms with E-state index >= 15 is 0 Å². The van der Waals surface area contributed by atoms with Gasteiger partial charge in [-0.3, -0.25) is 19.7 Å². The van der Waals surface area contributed by atoms with Crippen LogP contribution in [0.3, 0.4) is 0 Å². The Bertz CT molecular complexity index is 1800. The van der Waals surface area contributed by atoms with Gasteiger partial charge in [-0.05, 0) is 12.8 Å². The SMILES string of the molecule is COc1nc(-c2cccc(-c3cccc(-c4cnc(CN5CC[C@@H](O)[C@H](F)C5)c(OC)n4)c3Cl)c2Cl)cnc1CNC[C@@H]1CCC(=O)N1. The maximum Gasteiger partial charge on any atom is 0.237 e. The molecule has 48 heavy (non-hydrogen) atoms. The summed E-state index contributed by atoms with van der Waals surface area (Å²) >= 11 is 14.0. The second-order valence-corrected chi connectivity index (χ2v) is 12.6. The van der Waals surface area contributed by atoms with Crippen molar-refractivity contribution in [3.8, 4) is 45.4 Å². The molecule has 3 atom stereocenters. The van der Waals surface area contributed by atoms with Crippen LogP contribution in [0.2, 0.25) is 10.0 Å². The number of aliphatic hydroxyl groups is 1. The summed E-state index contributed by atoms with van der Waals surface area (Å²) in [5.74, 6) is 0.756. The number of nitrogens with zero attached hydrogens (tertiary/aromatic N) is 5. The Morgan fingerprint density at radius 2 is 1.52 bits per heavy atom. The minimum atomic E-state index is -1.31. The van der Waals surface area contributed by atoms with Crippen molar-refractivity contribution in [1.29, 1.82) is 0 Å². The van der Waals surface area contributed by atoms with E-state index in [2.05, 4.69) is 20.6 Å². The van der Waals surface area contributed by atoms with Gasteiger partial charge in [-0.2, -0.15) is 0 Å². The molecule has 0 saturated carbocycles. The molecule has 6 rings (SSSR count). The van der Waals surface area contributed by atoms with Crippen molar-refractivity contribution in [2.45, 2.75) is 50.7 Å². The number of likely N-dealkylation sites (tertiary alicyclic amines) is 1. The minimum Gasteiger partial charge on any atom is -0.480 e. The van der Waals surface area contributed by atoms with Crippen LogP contribution in [0.4, 0.5) is 4.39 Å². The fourth-order valence-electron chi connectivity index (χ4n) is 5.99. The van der Waals surface area contributed by atoms with Crippen LogP contribution in [0.15, 0.2) is 48.8 Å². The van der Waals surface area contributed by atoms with Crippen LogP contribution >= 0.6 is 23.2 Å². The summed E-state index contributed by atoms with van der Waals surface area (Å²) in [7, 11) is 3.05. The van der Waals surface area contributed by atoms with Gasteiger partial charge in [-0.25, -0.2) is 14.4 Å². The number of methoxy groups -OCH3 is 2. The van der Waals surface area contributed by atoms with Crippen LogP contribution in [-0.4, -0.2) is 88.0 Å². The molecule has 3 N–H and O–H groups in total. The highest BCUT2D eigenvalue weighted by molar-refractivity contribution is 6.39. The molecular formula is C34H36Cl2FN7O4. The van der Waals surface area contributed by atoms with Crippen molar-refractivity contribution in [2.24, 2.45) is 0 Å². The molecule has 0 bridgehead atoms. The van der Waals surface area contributed by atoms with Gasteiger partial charge in [-0.1, -0.05) is 59.6 Å². The van der Waals surface area contributed by atoms with Crippen molar-refractivity contribution in [3.63, 3.8) is 0 Å². The quantitative estimate of drug-likeness (QED) is 0.200. The predicted molar refractivity (Wildman–Crippen MR) is 181 cm³/mol. The van der Waals surface area contributed by atoms with Gasteiger partial charge in [0.1, 0.15) is 17.6 Å². The lowest BCUT2D eigenvalue weighted by Gasteiger charge is -2.31. The highest BCUT2D eigenvalue weighted by Gasteiger charge is 2.28. The maximum atomic E-state index is 14.1. The number of ether oxygens (including phenoxy) is 2. The standard InChI is InChI=1S/C34H36Cl2FN7O4/c1-47-33-27(14-38-13-19-9-10-30(46)41-19)39-15-25(42-33)22-7-3-5-20(31(22)35)21-6-4-8-23(32(21)36)26-16-40-28(34(43-26)48-2)18-44-12-11-29(45)24(37)17-44/h3-8,15-16,19,24,29,38,45H,9-14,17-18H2,1-2H3,(H,41,46)/t19-,24+,29+/m0/s1. The second-order valence-electron chi connectivity index (χ2n) is 11.8. The minimum absolute atomic E-state index is 0.0736. The van der Waals surface area contributed by atoms with Crippen LogP contribution in [0, 0.1) is 0 Å². The van der Waals surface area contributed by atoms with E-state index in [1.54, 1.807) is 19.5 Å². The zero-order chi connectivity index (χ0) is 33.8. The van der Waals surface area contributed by atoms with E-state index in [0.29, 0.717) is 106 Å². The van der Waals surface area contributed by atoms with Gasteiger partial charge in [0, 0.05) is 67.4 Å². The first-order valence-electron chi connectivity index (χ1n) is 15.7. The third-order valence-corrected chi connectivity index (χ3v) is 9.40. The number of alkyl halides is 1. The number of hydrogen-bond donors (Lipinski definition) is 3. The molecular weight excluding hydrogens is 660 g/mol. The molecule has 14 heteroatoms. The number of aliphatic hydroxyl groups excluding tert-OH is 1. The van der Waals surface area contributed by atoms with Gasteiger partial charge in [0.05, 0.1) is 54.2 Å². The number of nitrogens with one attached hydrogen (secondary N) is 2. The molecule has 1 amide bonds. The smallest absolute Gasteiger partial charge is 0.237 e. The predicted octanol–water partition coefficient (Wildman–Crippen LogP) is 4.86. The van der Waals surface area contributed by atoms with Crippen molar-refractivity contribution < 1.29 is 23.8 Å². The monoisotopic (exact) mass is 695 g/mol. The number of halogens is 3. The Hall–Kier alpha value is -3.94. The molecule has 252 valence electrons. The van der Waals surface area contributed by atoms with Crippen LogP contribution in [0.5, 0.6) is 11.8 Å². The molecule has 0 unspecified atom stereocenters. The lowest BCUT2D eigenvalue weighted by Crippen LogP contribution is -2.44. The van der Waals surface area contributed by atoms with E-state index in [1.807, 2.05) is 41.3 Å². The second kappa shape index (κ2) is 15.1. The van der Waals surface area contributed by atoms with E-state index in [4.69, 9.17) is 42.6 Å². The van der Waals surface area contributed by atoms with Crippen molar-refractivity contribution >= 4 is 29.1 Å². The number of rotatable bonds is 11. The third-order valence-electron chi connectivity index (χ3n) is 8.58. The van der Waals surface area contributed by atoms with Crippen LogP contribution in [-0.2, 0) is 17.9 Å².